The molecule has 4 aromatic rings. The molecule has 28 heavy (non-hydrogen) atoms. The van der Waals surface area contributed by atoms with Crippen LogP contribution in [0.4, 0.5) is 0 Å². The third kappa shape index (κ3) is 3.13. The lowest BCUT2D eigenvalue weighted by molar-refractivity contribution is 0.536. The molecular weight excluding hydrogens is 374 g/mol. The lowest BCUT2D eigenvalue weighted by Crippen LogP contribution is -2.07. The van der Waals surface area contributed by atoms with Gasteiger partial charge in [0, 0.05) is 22.6 Å². The molecular formula is C21H16N3O3S-. The minimum Gasteiger partial charge on any atom is -0.772 e. The quantitative estimate of drug-likeness (QED) is 0.479. The molecule has 0 fully saturated rings. The van der Waals surface area contributed by atoms with E-state index in [4.69, 9.17) is 9.52 Å². The van der Waals surface area contributed by atoms with Gasteiger partial charge in [-0.1, -0.05) is 30.1 Å². The van der Waals surface area contributed by atoms with Crippen LogP contribution >= 0.6 is 0 Å². The Morgan fingerprint density at radius 2 is 2.11 bits per heavy atom. The molecule has 0 saturated heterocycles. The number of aromatic nitrogens is 2. The summed E-state index contributed by atoms with van der Waals surface area (Å²) in [4.78, 5) is 0. The first-order valence-electron chi connectivity index (χ1n) is 8.76. The first-order valence-corrected chi connectivity index (χ1v) is 10.0. The molecule has 0 saturated carbocycles. The van der Waals surface area contributed by atoms with Gasteiger partial charge in [-0.2, -0.15) is 10.4 Å². The van der Waals surface area contributed by atoms with E-state index < -0.39 is 11.1 Å². The number of hydrogen-bond acceptors (Lipinski definition) is 5. The normalized spacial score (nSPS) is 12.2. The molecule has 1 aromatic carbocycles. The highest BCUT2D eigenvalue weighted by Crippen LogP contribution is 2.36. The minimum atomic E-state index is -2.32. The zero-order chi connectivity index (χ0) is 19.7. The molecule has 0 spiro atoms. The summed E-state index contributed by atoms with van der Waals surface area (Å²) in [6, 6.07) is 16.7. The van der Waals surface area contributed by atoms with Crippen LogP contribution in [0.1, 0.15) is 23.7 Å². The first-order chi connectivity index (χ1) is 13.6. The summed E-state index contributed by atoms with van der Waals surface area (Å²) in [5.41, 5.74) is 4.82. The molecule has 0 aliphatic rings. The fraction of sp³-hybridized carbons (Fsp3) is 0.143. The lowest BCUT2D eigenvalue weighted by atomic mass is 9.97. The third-order valence-electron chi connectivity index (χ3n) is 4.64. The second kappa shape index (κ2) is 7.43. The van der Waals surface area contributed by atoms with E-state index in [1.165, 1.54) is 6.26 Å². The number of hydrogen-bond donors (Lipinski definition) is 0. The topological polar surface area (TPSA) is 94.4 Å². The van der Waals surface area contributed by atoms with Crippen LogP contribution in [-0.2, 0) is 23.3 Å². The monoisotopic (exact) mass is 390 g/mol. The van der Waals surface area contributed by atoms with Crippen molar-refractivity contribution in [3.05, 3.63) is 71.6 Å². The van der Waals surface area contributed by atoms with Crippen LogP contribution in [0.15, 0.2) is 59.2 Å². The first kappa shape index (κ1) is 18.2. The van der Waals surface area contributed by atoms with E-state index >= 15 is 0 Å². The van der Waals surface area contributed by atoms with Crippen molar-refractivity contribution in [1.29, 1.82) is 5.26 Å². The highest BCUT2D eigenvalue weighted by molar-refractivity contribution is 7.78. The van der Waals surface area contributed by atoms with Gasteiger partial charge < -0.3 is 8.97 Å². The number of fused-ring (bicyclic) bond motifs is 1. The zero-order valence-electron chi connectivity index (χ0n) is 15.1. The van der Waals surface area contributed by atoms with Crippen molar-refractivity contribution in [2.45, 2.75) is 19.1 Å². The Morgan fingerprint density at radius 3 is 2.79 bits per heavy atom. The molecule has 0 amide bonds. The second-order valence-corrected chi connectivity index (χ2v) is 7.19. The summed E-state index contributed by atoms with van der Waals surface area (Å²) in [5, 5.41) is 14.0. The van der Waals surface area contributed by atoms with Crippen LogP contribution < -0.4 is 0 Å². The fourth-order valence-corrected chi connectivity index (χ4v) is 3.93. The van der Waals surface area contributed by atoms with Crippen molar-refractivity contribution in [3.63, 3.8) is 0 Å². The Labute approximate surface area is 164 Å². The number of benzene rings is 1. The largest absolute Gasteiger partial charge is 0.772 e. The predicted octanol–water partition coefficient (Wildman–Crippen LogP) is 4.07. The molecule has 6 nitrogen and oxygen atoms in total. The maximum Gasteiger partial charge on any atom is 0.154 e. The van der Waals surface area contributed by atoms with Crippen molar-refractivity contribution in [1.82, 2.24) is 9.61 Å². The molecule has 0 aliphatic carbocycles. The summed E-state index contributed by atoms with van der Waals surface area (Å²) in [6.07, 6.45) is 2.30. The van der Waals surface area contributed by atoms with E-state index in [1.807, 2.05) is 29.6 Å². The Hall–Kier alpha value is -3.21. The SMILES string of the molecule is CCc1ccc2c(-c3cccc(C#N)c3)c(CS(=O)[O-])c(-c3ccco3)nn12. The predicted molar refractivity (Wildman–Crippen MR) is 105 cm³/mol. The molecule has 140 valence electrons. The van der Waals surface area contributed by atoms with Gasteiger partial charge in [-0.25, -0.2) is 4.52 Å². The van der Waals surface area contributed by atoms with Gasteiger partial charge in [0.1, 0.15) is 5.69 Å². The van der Waals surface area contributed by atoms with Gasteiger partial charge in [-0.05, 0) is 48.4 Å². The molecule has 0 radical (unpaired) electrons. The van der Waals surface area contributed by atoms with Gasteiger partial charge in [0.15, 0.2) is 5.76 Å². The summed E-state index contributed by atoms with van der Waals surface area (Å²) in [7, 11) is 0. The second-order valence-electron chi connectivity index (χ2n) is 6.30. The summed E-state index contributed by atoms with van der Waals surface area (Å²) < 4.78 is 30.7. The van der Waals surface area contributed by atoms with E-state index in [0.717, 1.165) is 28.8 Å². The van der Waals surface area contributed by atoms with Gasteiger partial charge in [0.2, 0.25) is 0 Å². The molecule has 3 heterocycles. The van der Waals surface area contributed by atoms with Crippen LogP contribution in [0.2, 0.25) is 0 Å². The van der Waals surface area contributed by atoms with Gasteiger partial charge in [-0.3, -0.25) is 4.21 Å². The van der Waals surface area contributed by atoms with E-state index in [2.05, 4.69) is 6.07 Å². The van der Waals surface area contributed by atoms with Gasteiger partial charge >= 0.3 is 0 Å². The Morgan fingerprint density at radius 1 is 1.25 bits per heavy atom. The fourth-order valence-electron chi connectivity index (χ4n) is 3.42. The maximum absolute atomic E-state index is 11.7. The number of furan rings is 1. The molecule has 3 aromatic heterocycles. The third-order valence-corrected chi connectivity index (χ3v) is 5.16. The Balaban J connectivity index is 2.14. The molecule has 1 unspecified atom stereocenters. The number of nitrogens with zero attached hydrogens (tertiary/aromatic N) is 3. The van der Waals surface area contributed by atoms with Crippen molar-refractivity contribution in [3.8, 4) is 28.7 Å². The Bertz CT molecular complexity index is 1220. The average molecular weight is 390 g/mol. The molecule has 7 heteroatoms. The van der Waals surface area contributed by atoms with Gasteiger partial charge in [0.05, 0.1) is 23.4 Å². The standard InChI is InChI=1S/C21H17N3O3S/c1-2-16-8-9-18-20(15-6-3-5-14(11-15)12-22)17(13-28(25)26)21(23-24(16)18)19-7-4-10-27-19/h3-11H,2,13H2,1H3,(H,25,26)/p-1. The number of nitriles is 1. The van der Waals surface area contributed by atoms with E-state index in [9.17, 15) is 14.0 Å². The molecule has 0 bridgehead atoms. The van der Waals surface area contributed by atoms with Crippen LogP contribution in [0.25, 0.3) is 28.1 Å². The minimum absolute atomic E-state index is 0.210. The molecule has 1 atom stereocenters. The maximum atomic E-state index is 11.7. The highest BCUT2D eigenvalue weighted by Gasteiger charge is 2.21. The molecule has 4 rings (SSSR count). The smallest absolute Gasteiger partial charge is 0.154 e. The van der Waals surface area contributed by atoms with Gasteiger partial charge in [-0.15, -0.1) is 0 Å². The zero-order valence-corrected chi connectivity index (χ0v) is 15.9. The van der Waals surface area contributed by atoms with Crippen LogP contribution in [0.3, 0.4) is 0 Å². The van der Waals surface area contributed by atoms with Crippen molar-refractivity contribution in [2.75, 3.05) is 0 Å². The Kier molecular flexibility index (Phi) is 4.82. The number of aryl methyl sites for hydroxylation is 1. The van der Waals surface area contributed by atoms with E-state index in [-0.39, 0.29) is 5.75 Å². The van der Waals surface area contributed by atoms with Crippen molar-refractivity contribution < 1.29 is 13.2 Å². The molecule has 0 N–H and O–H groups in total. The van der Waals surface area contributed by atoms with Crippen LogP contribution in [-0.4, -0.2) is 18.4 Å². The van der Waals surface area contributed by atoms with Crippen LogP contribution in [0, 0.1) is 11.3 Å². The van der Waals surface area contributed by atoms with Crippen LogP contribution in [0.5, 0.6) is 0 Å². The van der Waals surface area contributed by atoms with Gasteiger partial charge in [0.25, 0.3) is 0 Å². The summed E-state index contributed by atoms with van der Waals surface area (Å²) >= 11 is -2.32. The highest BCUT2D eigenvalue weighted by atomic mass is 32.2. The lowest BCUT2D eigenvalue weighted by Gasteiger charge is -2.17. The van der Waals surface area contributed by atoms with E-state index in [0.29, 0.717) is 22.6 Å². The summed E-state index contributed by atoms with van der Waals surface area (Å²) in [6.45, 7) is 2.03. The number of rotatable bonds is 5. The average Bonchev–Trinajstić information content (AvgIpc) is 3.36. The van der Waals surface area contributed by atoms with Crippen molar-refractivity contribution >= 4 is 16.6 Å². The van der Waals surface area contributed by atoms with Crippen molar-refractivity contribution in [2.24, 2.45) is 0 Å². The summed E-state index contributed by atoms with van der Waals surface area (Å²) in [5.74, 6) is 0.286. The molecule has 0 aliphatic heterocycles. The van der Waals surface area contributed by atoms with E-state index in [1.54, 1.807) is 30.3 Å².